The summed E-state index contributed by atoms with van der Waals surface area (Å²) in [6.07, 6.45) is 7.31. The summed E-state index contributed by atoms with van der Waals surface area (Å²) in [5.74, 6) is 0.279. The van der Waals surface area contributed by atoms with E-state index in [1.54, 1.807) is 18.5 Å². The highest BCUT2D eigenvalue weighted by atomic mass is 16.2. The Morgan fingerprint density at radius 3 is 2.66 bits per heavy atom. The second kappa shape index (κ2) is 9.64. The first-order valence-electron chi connectivity index (χ1n) is 9.69. The number of amides is 1. The number of carbonyl (C=O) groups excluding carboxylic acids is 1. The van der Waals surface area contributed by atoms with Crippen LogP contribution in [0.4, 0.5) is 0 Å². The predicted octanol–water partition coefficient (Wildman–Crippen LogP) is 4.87. The molecule has 2 aromatic carbocycles. The summed E-state index contributed by atoms with van der Waals surface area (Å²) < 4.78 is 1.82. The van der Waals surface area contributed by atoms with E-state index in [0.717, 1.165) is 16.7 Å². The molecule has 0 spiro atoms. The Balaban J connectivity index is 1.58. The van der Waals surface area contributed by atoms with Gasteiger partial charge in [-0.1, -0.05) is 56.3 Å². The van der Waals surface area contributed by atoms with Crippen LogP contribution in [0.2, 0.25) is 0 Å². The molecule has 5 heteroatoms. The third-order valence-electron chi connectivity index (χ3n) is 4.52. The van der Waals surface area contributed by atoms with Crippen molar-refractivity contribution in [3.05, 3.63) is 94.8 Å². The molecule has 3 rings (SSSR count). The van der Waals surface area contributed by atoms with Crippen LogP contribution in [-0.2, 0) is 6.54 Å². The van der Waals surface area contributed by atoms with Gasteiger partial charge in [-0.3, -0.25) is 9.48 Å². The monoisotopic (exact) mass is 386 g/mol. The van der Waals surface area contributed by atoms with Crippen molar-refractivity contribution in [3.8, 4) is 0 Å². The number of hydrogen-bond acceptors (Lipinski definition) is 3. The fourth-order valence-electron chi connectivity index (χ4n) is 2.93. The van der Waals surface area contributed by atoms with Crippen molar-refractivity contribution in [2.24, 2.45) is 5.10 Å². The molecule has 0 fully saturated rings. The van der Waals surface area contributed by atoms with E-state index in [2.05, 4.69) is 53.7 Å². The van der Waals surface area contributed by atoms with Gasteiger partial charge in [0.25, 0.3) is 5.91 Å². The molecular weight excluding hydrogens is 360 g/mol. The summed E-state index contributed by atoms with van der Waals surface area (Å²) in [6.45, 7) is 6.93. The largest absolute Gasteiger partial charge is 0.271 e. The van der Waals surface area contributed by atoms with Crippen LogP contribution >= 0.6 is 0 Å². The van der Waals surface area contributed by atoms with Gasteiger partial charge in [0.1, 0.15) is 0 Å². The molecule has 1 N–H and O–H groups in total. The lowest BCUT2D eigenvalue weighted by molar-refractivity contribution is 0.0955. The van der Waals surface area contributed by atoms with Gasteiger partial charge in [-0.05, 0) is 53.3 Å². The molecule has 29 heavy (non-hydrogen) atoms. The molecule has 0 atom stereocenters. The Hall–Kier alpha value is -3.47. The van der Waals surface area contributed by atoms with Crippen molar-refractivity contribution in [2.45, 2.75) is 33.2 Å². The summed E-state index contributed by atoms with van der Waals surface area (Å²) in [6, 6.07) is 17.8. The van der Waals surface area contributed by atoms with Gasteiger partial charge in [0.2, 0.25) is 0 Å². The third-order valence-corrected chi connectivity index (χ3v) is 4.52. The van der Waals surface area contributed by atoms with E-state index in [9.17, 15) is 4.79 Å². The maximum atomic E-state index is 12.4. The Kier molecular flexibility index (Phi) is 6.74. The second-order valence-corrected chi connectivity index (χ2v) is 7.31. The number of carbonyl (C=O) groups is 1. The van der Waals surface area contributed by atoms with Crippen LogP contribution < -0.4 is 5.43 Å². The summed E-state index contributed by atoms with van der Waals surface area (Å²) >= 11 is 0. The lowest BCUT2D eigenvalue weighted by Gasteiger charge is -2.05. The van der Waals surface area contributed by atoms with Gasteiger partial charge in [0.05, 0.1) is 12.8 Å². The number of aromatic nitrogens is 2. The third kappa shape index (κ3) is 6.01. The van der Waals surface area contributed by atoms with Crippen LogP contribution in [0, 0.1) is 0 Å². The summed E-state index contributed by atoms with van der Waals surface area (Å²) in [7, 11) is 0. The van der Waals surface area contributed by atoms with Gasteiger partial charge >= 0.3 is 0 Å². The number of hydrazone groups is 1. The highest BCUT2D eigenvalue weighted by molar-refractivity contribution is 5.95. The lowest BCUT2D eigenvalue weighted by Crippen LogP contribution is -2.18. The Morgan fingerprint density at radius 1 is 1.17 bits per heavy atom. The highest BCUT2D eigenvalue weighted by Gasteiger charge is 2.05. The zero-order valence-electron chi connectivity index (χ0n) is 17.0. The van der Waals surface area contributed by atoms with Crippen LogP contribution in [0.5, 0.6) is 0 Å². The van der Waals surface area contributed by atoms with Crippen molar-refractivity contribution in [1.82, 2.24) is 15.2 Å². The minimum absolute atomic E-state index is 0.238. The zero-order chi connectivity index (χ0) is 20.6. The predicted molar refractivity (Wildman–Crippen MR) is 118 cm³/mol. The van der Waals surface area contributed by atoms with Crippen molar-refractivity contribution in [2.75, 3.05) is 0 Å². The zero-order valence-corrected chi connectivity index (χ0v) is 17.0. The van der Waals surface area contributed by atoms with Crippen LogP contribution in [0.25, 0.3) is 6.08 Å². The number of rotatable bonds is 7. The molecule has 0 bridgehead atoms. The Labute approximate surface area is 171 Å². The molecule has 0 unspecified atom stereocenters. The topological polar surface area (TPSA) is 59.3 Å². The molecule has 0 aliphatic heterocycles. The molecule has 1 amide bonds. The maximum Gasteiger partial charge on any atom is 0.271 e. The lowest BCUT2D eigenvalue weighted by atomic mass is 10.0. The second-order valence-electron chi connectivity index (χ2n) is 7.31. The highest BCUT2D eigenvalue weighted by Crippen LogP contribution is 2.16. The normalized spacial score (nSPS) is 11.9. The van der Waals surface area contributed by atoms with Crippen molar-refractivity contribution in [3.63, 3.8) is 0 Å². The van der Waals surface area contributed by atoms with E-state index >= 15 is 0 Å². The van der Waals surface area contributed by atoms with Gasteiger partial charge in [-0.25, -0.2) is 5.43 Å². The minimum atomic E-state index is -0.238. The maximum absolute atomic E-state index is 12.4. The number of nitrogens with one attached hydrogen (secondary N) is 1. The van der Waals surface area contributed by atoms with Crippen LogP contribution in [0.1, 0.15) is 53.7 Å². The van der Waals surface area contributed by atoms with E-state index in [4.69, 9.17) is 0 Å². The molecule has 0 saturated carbocycles. The van der Waals surface area contributed by atoms with Crippen molar-refractivity contribution >= 4 is 18.2 Å². The van der Waals surface area contributed by atoms with Gasteiger partial charge in [-0.15, -0.1) is 0 Å². The number of allylic oxidation sites excluding steroid dienone is 1. The van der Waals surface area contributed by atoms with E-state index in [0.29, 0.717) is 18.0 Å². The van der Waals surface area contributed by atoms with Gasteiger partial charge in [0, 0.05) is 18.0 Å². The van der Waals surface area contributed by atoms with Crippen molar-refractivity contribution in [1.29, 1.82) is 0 Å². The molecule has 0 radical (unpaired) electrons. The average molecular weight is 386 g/mol. The van der Waals surface area contributed by atoms with Gasteiger partial charge in [0.15, 0.2) is 0 Å². The minimum Gasteiger partial charge on any atom is -0.268 e. The van der Waals surface area contributed by atoms with E-state index in [-0.39, 0.29) is 5.91 Å². The van der Waals surface area contributed by atoms with E-state index in [1.807, 2.05) is 48.1 Å². The molecule has 0 aliphatic rings. The summed E-state index contributed by atoms with van der Waals surface area (Å²) in [5, 5.41) is 8.27. The fraction of sp³-hybridized carbons (Fsp3) is 0.208. The molecule has 148 valence electrons. The van der Waals surface area contributed by atoms with Crippen LogP contribution in [0.3, 0.4) is 0 Å². The van der Waals surface area contributed by atoms with E-state index in [1.165, 1.54) is 5.56 Å². The van der Waals surface area contributed by atoms with Crippen molar-refractivity contribution < 1.29 is 4.79 Å². The Bertz CT molecular complexity index is 1000. The molecule has 0 saturated heterocycles. The standard InChI is InChI=1S/C24H26N4O/c1-18(2)22-10-8-20(9-11-22)14-19(3)16-25-27-24(29)23-7-4-6-21(15-23)17-28-13-5-12-26-28/h4-16,18H,17H2,1-3H3,(H,27,29). The molecule has 1 heterocycles. The first-order valence-corrected chi connectivity index (χ1v) is 9.69. The SMILES string of the molecule is CC(C=NNC(=O)c1cccc(Cn2cccn2)c1)=Cc1ccc(C(C)C)cc1. The van der Waals surface area contributed by atoms with Gasteiger partial charge in [-0.2, -0.15) is 10.2 Å². The average Bonchev–Trinajstić information content (AvgIpc) is 3.21. The molecule has 5 nitrogen and oxygen atoms in total. The van der Waals surface area contributed by atoms with Crippen LogP contribution in [0.15, 0.2) is 77.7 Å². The van der Waals surface area contributed by atoms with Gasteiger partial charge < -0.3 is 0 Å². The molecule has 1 aromatic heterocycles. The number of hydrogen-bond donors (Lipinski definition) is 1. The number of nitrogens with zero attached hydrogens (tertiary/aromatic N) is 3. The fourth-order valence-corrected chi connectivity index (χ4v) is 2.93. The molecule has 3 aromatic rings. The molecule has 0 aliphatic carbocycles. The molecular formula is C24H26N4O. The smallest absolute Gasteiger partial charge is 0.268 e. The first kappa shape index (κ1) is 20.3. The summed E-state index contributed by atoms with van der Waals surface area (Å²) in [4.78, 5) is 12.4. The van der Waals surface area contributed by atoms with E-state index < -0.39 is 0 Å². The van der Waals surface area contributed by atoms with Crippen LogP contribution in [-0.4, -0.2) is 21.9 Å². The Morgan fingerprint density at radius 2 is 1.97 bits per heavy atom. The first-order chi connectivity index (χ1) is 14.0. The number of benzene rings is 2. The summed E-state index contributed by atoms with van der Waals surface area (Å²) in [5.41, 5.74) is 7.54. The quantitative estimate of drug-likeness (QED) is 0.465.